The molecule has 5 heteroatoms. The highest BCUT2D eigenvalue weighted by Crippen LogP contribution is 2.17. The molecule has 1 rings (SSSR count). The van der Waals surface area contributed by atoms with Gasteiger partial charge in [-0.25, -0.2) is 4.79 Å². The first-order valence-electron chi connectivity index (χ1n) is 6.86. The maximum atomic E-state index is 11.0. The van der Waals surface area contributed by atoms with Crippen molar-refractivity contribution in [2.45, 2.75) is 25.8 Å². The van der Waals surface area contributed by atoms with Gasteiger partial charge in [0.2, 0.25) is 0 Å². The number of carbonyl (C=O) groups is 1. The van der Waals surface area contributed by atoms with Crippen LogP contribution in [0.25, 0.3) is 0 Å². The smallest absolute Gasteiger partial charge is 0.339 e. The number of benzene rings is 1. The maximum Gasteiger partial charge on any atom is 0.339 e. The quantitative estimate of drug-likeness (QED) is 0.643. The fourth-order valence-corrected chi connectivity index (χ4v) is 1.99. The van der Waals surface area contributed by atoms with Crippen LogP contribution in [0.5, 0.6) is 5.75 Å². The summed E-state index contributed by atoms with van der Waals surface area (Å²) in [6.07, 6.45) is 2.13. The molecule has 20 heavy (non-hydrogen) atoms. The Morgan fingerprint density at radius 1 is 1.40 bits per heavy atom. The molecule has 0 aromatic heterocycles. The monoisotopic (exact) mass is 281 g/mol. The molecule has 0 aliphatic rings. The van der Waals surface area contributed by atoms with Crippen LogP contribution in [0.2, 0.25) is 0 Å². The minimum absolute atomic E-state index is 0.189. The lowest BCUT2D eigenvalue weighted by molar-refractivity contribution is 0.0692. The van der Waals surface area contributed by atoms with Crippen molar-refractivity contribution >= 4 is 5.97 Å². The molecule has 0 aliphatic heterocycles. The van der Waals surface area contributed by atoms with Gasteiger partial charge in [-0.1, -0.05) is 25.5 Å². The predicted molar refractivity (Wildman–Crippen MR) is 77.5 cm³/mol. The Hall–Kier alpha value is -1.59. The zero-order valence-electron chi connectivity index (χ0n) is 12.1. The standard InChI is InChI=1S/C15H23NO4/c1-3-6-12(11-19-2)16-9-10-20-14-8-5-4-7-13(14)15(17)18/h4-5,7-8,12,16H,3,6,9-11H2,1-2H3,(H,17,18). The Bertz CT molecular complexity index is 403. The third-order valence-corrected chi connectivity index (χ3v) is 2.92. The van der Waals surface area contributed by atoms with Crippen LogP contribution in [0.1, 0.15) is 30.1 Å². The summed E-state index contributed by atoms with van der Waals surface area (Å²) in [6.45, 7) is 3.87. The molecule has 1 unspecified atom stereocenters. The van der Waals surface area contributed by atoms with Crippen molar-refractivity contribution in [3.8, 4) is 5.75 Å². The van der Waals surface area contributed by atoms with Gasteiger partial charge < -0.3 is 19.9 Å². The molecule has 0 saturated carbocycles. The molecule has 0 amide bonds. The molecule has 0 spiro atoms. The van der Waals surface area contributed by atoms with E-state index in [9.17, 15) is 4.79 Å². The average molecular weight is 281 g/mol. The van der Waals surface area contributed by atoms with Crippen LogP contribution in [0.15, 0.2) is 24.3 Å². The second-order valence-electron chi connectivity index (χ2n) is 4.54. The molecule has 0 fully saturated rings. The van der Waals surface area contributed by atoms with Gasteiger partial charge in [-0.15, -0.1) is 0 Å². The van der Waals surface area contributed by atoms with E-state index in [0.29, 0.717) is 31.5 Å². The van der Waals surface area contributed by atoms with E-state index in [1.807, 2.05) is 0 Å². The molecule has 112 valence electrons. The highest BCUT2D eigenvalue weighted by Gasteiger charge is 2.10. The van der Waals surface area contributed by atoms with E-state index in [4.69, 9.17) is 14.6 Å². The Labute approximate surface area is 119 Å². The summed E-state index contributed by atoms with van der Waals surface area (Å²) in [6, 6.07) is 6.96. The zero-order valence-corrected chi connectivity index (χ0v) is 12.1. The third-order valence-electron chi connectivity index (χ3n) is 2.92. The van der Waals surface area contributed by atoms with Crippen LogP contribution in [0, 0.1) is 0 Å². The SMILES string of the molecule is CCCC(COC)NCCOc1ccccc1C(=O)O. The number of carboxylic acid groups (broad SMARTS) is 1. The van der Waals surface area contributed by atoms with Gasteiger partial charge >= 0.3 is 5.97 Å². The molecule has 1 aromatic rings. The first-order valence-corrected chi connectivity index (χ1v) is 6.86. The molecule has 1 aromatic carbocycles. The van der Waals surface area contributed by atoms with E-state index >= 15 is 0 Å². The number of rotatable bonds is 10. The zero-order chi connectivity index (χ0) is 14.8. The lowest BCUT2D eigenvalue weighted by Gasteiger charge is -2.17. The lowest BCUT2D eigenvalue weighted by atomic mass is 10.2. The Kier molecular flexibility index (Phi) is 7.69. The first kappa shape index (κ1) is 16.5. The summed E-state index contributed by atoms with van der Waals surface area (Å²) in [5.41, 5.74) is 0.189. The van der Waals surface area contributed by atoms with E-state index in [0.717, 1.165) is 12.8 Å². The van der Waals surface area contributed by atoms with E-state index in [1.54, 1.807) is 25.3 Å². The topological polar surface area (TPSA) is 67.8 Å². The molecule has 0 aliphatic carbocycles. The molecule has 0 heterocycles. The molecule has 0 radical (unpaired) electrons. The number of carboxylic acids is 1. The summed E-state index contributed by atoms with van der Waals surface area (Å²) in [5, 5.41) is 12.4. The molecule has 5 nitrogen and oxygen atoms in total. The predicted octanol–water partition coefficient (Wildman–Crippen LogP) is 2.17. The number of ether oxygens (including phenoxy) is 2. The molecular formula is C15H23NO4. The Morgan fingerprint density at radius 3 is 2.80 bits per heavy atom. The van der Waals surface area contributed by atoms with Crippen LogP contribution in [0.4, 0.5) is 0 Å². The first-order chi connectivity index (χ1) is 9.69. The van der Waals surface area contributed by atoms with Crippen molar-refractivity contribution in [3.05, 3.63) is 29.8 Å². The summed E-state index contributed by atoms with van der Waals surface area (Å²) in [4.78, 5) is 11.0. The van der Waals surface area contributed by atoms with Gasteiger partial charge in [0.05, 0.1) is 6.61 Å². The van der Waals surface area contributed by atoms with Crippen molar-refractivity contribution in [2.24, 2.45) is 0 Å². The lowest BCUT2D eigenvalue weighted by Crippen LogP contribution is -2.36. The normalized spacial score (nSPS) is 12.1. The highest BCUT2D eigenvalue weighted by atomic mass is 16.5. The second kappa shape index (κ2) is 9.34. The molecule has 1 atom stereocenters. The third kappa shape index (κ3) is 5.59. The van der Waals surface area contributed by atoms with Gasteiger partial charge in [-0.3, -0.25) is 0 Å². The van der Waals surface area contributed by atoms with Crippen LogP contribution in [-0.2, 0) is 4.74 Å². The van der Waals surface area contributed by atoms with Crippen molar-refractivity contribution < 1.29 is 19.4 Å². The van der Waals surface area contributed by atoms with E-state index in [2.05, 4.69) is 12.2 Å². The fraction of sp³-hybridized carbons (Fsp3) is 0.533. The van der Waals surface area contributed by atoms with Gasteiger partial charge in [0, 0.05) is 19.7 Å². The van der Waals surface area contributed by atoms with Crippen LogP contribution in [-0.4, -0.2) is 44.0 Å². The largest absolute Gasteiger partial charge is 0.491 e. The maximum absolute atomic E-state index is 11.0. The fourth-order valence-electron chi connectivity index (χ4n) is 1.99. The number of hydrogen-bond acceptors (Lipinski definition) is 4. The van der Waals surface area contributed by atoms with Crippen molar-refractivity contribution in [3.63, 3.8) is 0 Å². The van der Waals surface area contributed by atoms with Crippen molar-refractivity contribution in [1.29, 1.82) is 0 Å². The van der Waals surface area contributed by atoms with E-state index in [-0.39, 0.29) is 5.56 Å². The molecule has 2 N–H and O–H groups in total. The van der Waals surface area contributed by atoms with Gasteiger partial charge in [-0.2, -0.15) is 0 Å². The minimum Gasteiger partial charge on any atom is -0.491 e. The van der Waals surface area contributed by atoms with Crippen LogP contribution >= 0.6 is 0 Å². The van der Waals surface area contributed by atoms with Gasteiger partial charge in [0.15, 0.2) is 0 Å². The molecular weight excluding hydrogens is 258 g/mol. The van der Waals surface area contributed by atoms with Crippen molar-refractivity contribution in [2.75, 3.05) is 26.9 Å². The molecule has 0 bridgehead atoms. The minimum atomic E-state index is -0.975. The van der Waals surface area contributed by atoms with Gasteiger partial charge in [0.25, 0.3) is 0 Å². The summed E-state index contributed by atoms with van der Waals surface area (Å²) >= 11 is 0. The highest BCUT2D eigenvalue weighted by molar-refractivity contribution is 5.90. The summed E-state index contributed by atoms with van der Waals surface area (Å²) in [7, 11) is 1.68. The number of aromatic carboxylic acids is 1. The van der Waals surface area contributed by atoms with E-state index in [1.165, 1.54) is 6.07 Å². The second-order valence-corrected chi connectivity index (χ2v) is 4.54. The van der Waals surface area contributed by atoms with Crippen LogP contribution in [0.3, 0.4) is 0 Å². The Balaban J connectivity index is 2.38. The van der Waals surface area contributed by atoms with Gasteiger partial charge in [-0.05, 0) is 18.6 Å². The summed E-state index contributed by atoms with van der Waals surface area (Å²) in [5.74, 6) is -0.572. The number of para-hydroxylation sites is 1. The van der Waals surface area contributed by atoms with E-state index < -0.39 is 5.97 Å². The number of methoxy groups -OCH3 is 1. The summed E-state index contributed by atoms with van der Waals surface area (Å²) < 4.78 is 10.7. The molecule has 0 saturated heterocycles. The van der Waals surface area contributed by atoms with Gasteiger partial charge in [0.1, 0.15) is 17.9 Å². The number of hydrogen-bond donors (Lipinski definition) is 2. The van der Waals surface area contributed by atoms with Crippen LogP contribution < -0.4 is 10.1 Å². The Morgan fingerprint density at radius 2 is 2.15 bits per heavy atom. The number of nitrogens with one attached hydrogen (secondary N) is 1. The van der Waals surface area contributed by atoms with Crippen molar-refractivity contribution in [1.82, 2.24) is 5.32 Å². The average Bonchev–Trinajstić information content (AvgIpc) is 2.44.